The normalized spacial score (nSPS) is 22.6. The summed E-state index contributed by atoms with van der Waals surface area (Å²) in [6, 6.07) is 1.71. The molecule has 1 aromatic rings. The van der Waals surface area contributed by atoms with Gasteiger partial charge < -0.3 is 15.0 Å². The number of hydrogen-bond acceptors (Lipinski definition) is 2. The molecule has 0 spiro atoms. The Balaban J connectivity index is 2.25. The minimum absolute atomic E-state index is 0.208. The minimum atomic E-state index is -4.64. The summed E-state index contributed by atoms with van der Waals surface area (Å²) >= 11 is 0. The van der Waals surface area contributed by atoms with Crippen LogP contribution in [-0.2, 0) is 4.79 Å². The number of aromatic amines is 1. The van der Waals surface area contributed by atoms with Crippen molar-refractivity contribution in [3.05, 3.63) is 23.0 Å². The summed E-state index contributed by atoms with van der Waals surface area (Å²) in [7, 11) is 0. The lowest BCUT2D eigenvalue weighted by Gasteiger charge is -2.18. The Hall–Kier alpha value is -1.99. The van der Waals surface area contributed by atoms with E-state index in [-0.39, 0.29) is 5.69 Å². The van der Waals surface area contributed by atoms with E-state index in [0.717, 1.165) is 10.6 Å². The van der Waals surface area contributed by atoms with Gasteiger partial charge in [-0.1, -0.05) is 0 Å². The van der Waals surface area contributed by atoms with Gasteiger partial charge in [0.1, 0.15) is 5.69 Å². The molecule has 0 aliphatic carbocycles. The zero-order valence-electron chi connectivity index (χ0n) is 11.5. The maximum Gasteiger partial charge on any atom is 0.394 e. The first-order chi connectivity index (χ1) is 9.61. The van der Waals surface area contributed by atoms with Crippen molar-refractivity contribution in [2.24, 2.45) is 11.8 Å². The van der Waals surface area contributed by atoms with E-state index in [9.17, 15) is 22.8 Å². The molecule has 21 heavy (non-hydrogen) atoms. The molecule has 1 saturated heterocycles. The van der Waals surface area contributed by atoms with Crippen molar-refractivity contribution in [1.29, 1.82) is 0 Å². The van der Waals surface area contributed by atoms with Crippen LogP contribution in [0.2, 0.25) is 0 Å². The Morgan fingerprint density at radius 2 is 1.95 bits per heavy atom. The third-order valence-electron chi connectivity index (χ3n) is 3.71. The number of alkyl halides is 3. The van der Waals surface area contributed by atoms with Crippen LogP contribution < -0.4 is 0 Å². The van der Waals surface area contributed by atoms with E-state index >= 15 is 0 Å². The van der Waals surface area contributed by atoms with Crippen LogP contribution in [0, 0.1) is 25.7 Å². The first-order valence-electron chi connectivity index (χ1n) is 6.36. The molecule has 2 rings (SSSR count). The second-order valence-corrected chi connectivity index (χ2v) is 5.31. The summed E-state index contributed by atoms with van der Waals surface area (Å²) < 4.78 is 38.7. The van der Waals surface area contributed by atoms with E-state index < -0.39 is 43.0 Å². The predicted molar refractivity (Wildman–Crippen MR) is 66.8 cm³/mol. The van der Waals surface area contributed by atoms with Gasteiger partial charge in [0.05, 0.1) is 11.8 Å². The van der Waals surface area contributed by atoms with Crippen molar-refractivity contribution < 1.29 is 27.9 Å². The van der Waals surface area contributed by atoms with Gasteiger partial charge in [-0.05, 0) is 25.5 Å². The highest BCUT2D eigenvalue weighted by Gasteiger charge is 2.53. The molecular weight excluding hydrogens is 289 g/mol. The maximum atomic E-state index is 12.9. The van der Waals surface area contributed by atoms with Crippen LogP contribution >= 0.6 is 0 Å². The fourth-order valence-electron chi connectivity index (χ4n) is 2.66. The number of H-pyrrole nitrogens is 1. The third kappa shape index (κ3) is 2.88. The molecule has 2 N–H and O–H groups in total. The molecule has 1 amide bonds. The Bertz CT molecular complexity index is 580. The Morgan fingerprint density at radius 3 is 2.33 bits per heavy atom. The maximum absolute atomic E-state index is 12.9. The molecule has 0 saturated carbocycles. The zero-order chi connectivity index (χ0) is 15.9. The van der Waals surface area contributed by atoms with Gasteiger partial charge in [-0.3, -0.25) is 9.59 Å². The monoisotopic (exact) mass is 304 g/mol. The Labute approximate surface area is 118 Å². The lowest BCUT2D eigenvalue weighted by Crippen LogP contribution is -2.34. The van der Waals surface area contributed by atoms with Crippen molar-refractivity contribution in [3.8, 4) is 0 Å². The van der Waals surface area contributed by atoms with Gasteiger partial charge in [-0.15, -0.1) is 0 Å². The summed E-state index contributed by atoms with van der Waals surface area (Å²) in [5.41, 5.74) is 1.55. The van der Waals surface area contributed by atoms with E-state index in [0.29, 0.717) is 5.56 Å². The molecule has 0 unspecified atom stereocenters. The lowest BCUT2D eigenvalue weighted by molar-refractivity contribution is -0.187. The van der Waals surface area contributed by atoms with Crippen molar-refractivity contribution in [2.45, 2.75) is 20.0 Å². The summed E-state index contributed by atoms with van der Waals surface area (Å²) in [6.07, 6.45) is -4.64. The summed E-state index contributed by atoms with van der Waals surface area (Å²) in [5.74, 6) is -5.79. The number of likely N-dealkylation sites (tertiary alicyclic amines) is 1. The number of hydrogen-bond donors (Lipinski definition) is 2. The lowest BCUT2D eigenvalue weighted by atomic mass is 9.96. The number of aryl methyl sites for hydroxylation is 2. The number of carbonyl (C=O) groups excluding carboxylic acids is 1. The molecule has 0 radical (unpaired) electrons. The number of nitrogens with one attached hydrogen (secondary N) is 1. The van der Waals surface area contributed by atoms with Gasteiger partial charge in [0, 0.05) is 18.8 Å². The van der Waals surface area contributed by atoms with E-state index in [4.69, 9.17) is 5.11 Å². The van der Waals surface area contributed by atoms with Crippen LogP contribution in [0.3, 0.4) is 0 Å². The average molecular weight is 304 g/mol. The second-order valence-electron chi connectivity index (χ2n) is 5.31. The number of aromatic nitrogens is 1. The SMILES string of the molecule is Cc1cc(C)c(C(=O)N2C[C@@H](C(F)(F)F)[C@H](C(=O)O)C2)[nH]1. The number of carbonyl (C=O) groups is 2. The topological polar surface area (TPSA) is 73.4 Å². The highest BCUT2D eigenvalue weighted by Crippen LogP contribution is 2.38. The molecule has 116 valence electrons. The average Bonchev–Trinajstić information content (AvgIpc) is 2.91. The van der Waals surface area contributed by atoms with Gasteiger partial charge in [-0.25, -0.2) is 0 Å². The number of halogens is 3. The summed E-state index contributed by atoms with van der Waals surface area (Å²) in [5, 5.41) is 8.93. The molecule has 1 aliphatic heterocycles. The smallest absolute Gasteiger partial charge is 0.394 e. The largest absolute Gasteiger partial charge is 0.481 e. The predicted octanol–water partition coefficient (Wildman–Crippen LogP) is 1.97. The molecule has 5 nitrogen and oxygen atoms in total. The van der Waals surface area contributed by atoms with Crippen molar-refractivity contribution in [2.75, 3.05) is 13.1 Å². The highest BCUT2D eigenvalue weighted by molar-refractivity contribution is 5.94. The van der Waals surface area contributed by atoms with E-state index in [1.165, 1.54) is 0 Å². The van der Waals surface area contributed by atoms with Gasteiger partial charge >= 0.3 is 12.1 Å². The standard InChI is InChI=1S/C13H15F3N2O3/c1-6-3-7(2)17-10(6)11(19)18-4-8(12(20)21)9(5-18)13(14,15)16/h3,8-9,17H,4-5H2,1-2H3,(H,20,21)/t8-,9-/m1/s1. The van der Waals surface area contributed by atoms with Crippen LogP contribution in [0.25, 0.3) is 0 Å². The third-order valence-corrected chi connectivity index (χ3v) is 3.71. The molecule has 0 aromatic carbocycles. The number of nitrogens with zero attached hydrogens (tertiary/aromatic N) is 1. The van der Waals surface area contributed by atoms with Crippen LogP contribution in [0.15, 0.2) is 6.07 Å². The molecule has 2 atom stereocenters. The number of rotatable bonds is 2. The van der Waals surface area contributed by atoms with Gasteiger partial charge in [0.25, 0.3) is 5.91 Å². The summed E-state index contributed by atoms with van der Waals surface area (Å²) in [4.78, 5) is 27.0. The number of aliphatic carboxylic acids is 1. The number of carboxylic acids is 1. The highest BCUT2D eigenvalue weighted by atomic mass is 19.4. The van der Waals surface area contributed by atoms with Crippen LogP contribution in [-0.4, -0.2) is 46.1 Å². The quantitative estimate of drug-likeness (QED) is 0.877. The summed E-state index contributed by atoms with van der Waals surface area (Å²) in [6.45, 7) is 2.34. The molecular formula is C13H15F3N2O3. The second kappa shape index (κ2) is 5.09. The molecule has 8 heteroatoms. The molecule has 2 heterocycles. The van der Waals surface area contributed by atoms with Crippen LogP contribution in [0.1, 0.15) is 21.7 Å². The molecule has 1 fully saturated rings. The fraction of sp³-hybridized carbons (Fsp3) is 0.538. The zero-order valence-corrected chi connectivity index (χ0v) is 11.5. The van der Waals surface area contributed by atoms with Gasteiger partial charge in [0.2, 0.25) is 0 Å². The molecule has 1 aromatic heterocycles. The first kappa shape index (κ1) is 15.4. The van der Waals surface area contributed by atoms with E-state index in [1.807, 2.05) is 0 Å². The van der Waals surface area contributed by atoms with Crippen molar-refractivity contribution >= 4 is 11.9 Å². The number of amides is 1. The van der Waals surface area contributed by atoms with Gasteiger partial charge in [0.15, 0.2) is 0 Å². The van der Waals surface area contributed by atoms with Gasteiger partial charge in [-0.2, -0.15) is 13.2 Å². The van der Waals surface area contributed by atoms with Crippen LogP contribution in [0.5, 0.6) is 0 Å². The molecule has 1 aliphatic rings. The van der Waals surface area contributed by atoms with Crippen LogP contribution in [0.4, 0.5) is 13.2 Å². The van der Waals surface area contributed by atoms with E-state index in [1.54, 1.807) is 19.9 Å². The first-order valence-corrected chi connectivity index (χ1v) is 6.36. The fourth-order valence-corrected chi connectivity index (χ4v) is 2.66. The molecule has 0 bridgehead atoms. The number of carboxylic acid groups (broad SMARTS) is 1. The van der Waals surface area contributed by atoms with Crippen molar-refractivity contribution in [1.82, 2.24) is 9.88 Å². The van der Waals surface area contributed by atoms with Crippen molar-refractivity contribution in [3.63, 3.8) is 0 Å². The minimum Gasteiger partial charge on any atom is -0.481 e. The van der Waals surface area contributed by atoms with E-state index in [2.05, 4.69) is 4.98 Å². The Kier molecular flexibility index (Phi) is 3.73. The Morgan fingerprint density at radius 1 is 1.33 bits per heavy atom.